The van der Waals surface area contributed by atoms with Crippen molar-refractivity contribution in [1.82, 2.24) is 34.2 Å². The Morgan fingerprint density at radius 3 is 2.79 bits per heavy atom. The summed E-state index contributed by atoms with van der Waals surface area (Å²) in [7, 11) is 1.75. The van der Waals surface area contributed by atoms with Gasteiger partial charge in [0, 0.05) is 13.2 Å². The topological polar surface area (TPSA) is 105 Å². The molecule has 1 saturated carbocycles. The number of hydrogen-bond acceptors (Lipinski definition) is 7. The zero-order valence-electron chi connectivity index (χ0n) is 15.8. The lowest BCUT2D eigenvalue weighted by atomic mass is 10.1. The van der Waals surface area contributed by atoms with Crippen molar-refractivity contribution in [1.29, 1.82) is 0 Å². The Bertz CT molecular complexity index is 1220. The molecule has 6 rings (SSSR count). The average molecular weight is 389 g/mol. The number of nitrogens with zero attached hydrogens (tertiary/aromatic N) is 7. The number of hydrogen-bond donors (Lipinski definition) is 0. The van der Waals surface area contributed by atoms with Gasteiger partial charge in [0.05, 0.1) is 12.0 Å². The van der Waals surface area contributed by atoms with Crippen LogP contribution in [-0.4, -0.2) is 34.2 Å². The van der Waals surface area contributed by atoms with Gasteiger partial charge in [-0.3, -0.25) is 14.3 Å². The lowest BCUT2D eigenvalue weighted by molar-refractivity contribution is 0.368. The van der Waals surface area contributed by atoms with Crippen LogP contribution in [0.3, 0.4) is 0 Å². The highest BCUT2D eigenvalue weighted by Gasteiger charge is 2.40. The Morgan fingerprint density at radius 1 is 1.17 bits per heavy atom. The fourth-order valence-corrected chi connectivity index (χ4v) is 3.66. The molecule has 9 nitrogen and oxygen atoms in total. The maximum absolute atomic E-state index is 12.1. The lowest BCUT2D eigenvalue weighted by Gasteiger charge is -2.01. The van der Waals surface area contributed by atoms with E-state index < -0.39 is 0 Å². The highest BCUT2D eigenvalue weighted by Crippen LogP contribution is 2.52. The summed E-state index contributed by atoms with van der Waals surface area (Å²) < 4.78 is 7.88. The van der Waals surface area contributed by atoms with Crippen molar-refractivity contribution in [3.63, 3.8) is 0 Å². The number of pyridine rings is 1. The molecule has 1 fully saturated rings. The summed E-state index contributed by atoms with van der Waals surface area (Å²) >= 11 is 0. The summed E-state index contributed by atoms with van der Waals surface area (Å²) in [6.45, 7) is 0.201. The molecular formula is C20H19N7O2. The minimum absolute atomic E-state index is 0.187. The summed E-state index contributed by atoms with van der Waals surface area (Å²) in [6, 6.07) is 6.14. The number of rotatable bonds is 3. The minimum Gasteiger partial charge on any atom is -0.338 e. The van der Waals surface area contributed by atoms with Crippen molar-refractivity contribution >= 4 is 16.7 Å². The minimum atomic E-state index is -0.187. The zero-order chi connectivity index (χ0) is 19.8. The molecule has 0 aromatic carbocycles. The third-order valence-corrected chi connectivity index (χ3v) is 5.28. The first-order valence-electron chi connectivity index (χ1n) is 9.43. The highest BCUT2D eigenvalue weighted by atomic mass is 16.5. The molecule has 0 unspecified atom stereocenters. The van der Waals surface area contributed by atoms with Crippen LogP contribution in [0.15, 0.2) is 58.8 Å². The van der Waals surface area contributed by atoms with E-state index in [-0.39, 0.29) is 12.1 Å². The Labute approximate surface area is 165 Å². The Balaban J connectivity index is 0.000000132. The van der Waals surface area contributed by atoms with E-state index in [1.165, 1.54) is 41.3 Å². The molecule has 0 N–H and O–H groups in total. The van der Waals surface area contributed by atoms with E-state index in [1.54, 1.807) is 17.9 Å². The van der Waals surface area contributed by atoms with E-state index in [0.29, 0.717) is 17.1 Å². The van der Waals surface area contributed by atoms with Crippen LogP contribution < -0.4 is 5.56 Å². The van der Waals surface area contributed by atoms with E-state index in [9.17, 15) is 4.79 Å². The van der Waals surface area contributed by atoms with Crippen molar-refractivity contribution in [3.05, 3.63) is 71.4 Å². The molecule has 2 aliphatic carbocycles. The fraction of sp³-hybridized carbons (Fsp3) is 0.300. The van der Waals surface area contributed by atoms with E-state index in [0.717, 1.165) is 11.8 Å². The van der Waals surface area contributed by atoms with Crippen LogP contribution in [0.25, 0.3) is 16.7 Å². The normalized spacial score (nSPS) is 19.4. The van der Waals surface area contributed by atoms with Gasteiger partial charge in [0.2, 0.25) is 5.89 Å². The van der Waals surface area contributed by atoms with E-state index in [1.807, 2.05) is 12.3 Å². The molecule has 0 bridgehead atoms. The van der Waals surface area contributed by atoms with Crippen molar-refractivity contribution in [2.45, 2.75) is 19.4 Å². The van der Waals surface area contributed by atoms with Gasteiger partial charge in [0.1, 0.15) is 12.9 Å². The molecule has 2 atom stereocenters. The number of aromatic nitrogens is 7. The predicted octanol–water partition coefficient (Wildman–Crippen LogP) is 2.07. The Kier molecular flexibility index (Phi) is 4.27. The van der Waals surface area contributed by atoms with E-state index in [2.05, 4.69) is 43.3 Å². The van der Waals surface area contributed by atoms with Crippen LogP contribution >= 0.6 is 0 Å². The number of fused-ring (bicyclic) bond motifs is 2. The van der Waals surface area contributed by atoms with Crippen molar-refractivity contribution < 1.29 is 4.52 Å². The molecule has 0 amide bonds. The first kappa shape index (κ1) is 17.5. The third-order valence-electron chi connectivity index (χ3n) is 5.28. The summed E-state index contributed by atoms with van der Waals surface area (Å²) in [5, 5.41) is 3.48. The maximum Gasteiger partial charge on any atom is 0.280 e. The smallest absolute Gasteiger partial charge is 0.280 e. The van der Waals surface area contributed by atoms with Crippen molar-refractivity contribution in [3.8, 4) is 0 Å². The molecule has 29 heavy (non-hydrogen) atoms. The number of imidazole rings is 1. The molecule has 2 aliphatic rings. The van der Waals surface area contributed by atoms with Crippen LogP contribution in [0.1, 0.15) is 24.4 Å². The van der Waals surface area contributed by atoms with Crippen molar-refractivity contribution in [2.75, 3.05) is 0 Å². The molecule has 0 radical (unpaired) electrons. The Hall–Kier alpha value is -3.62. The number of allylic oxidation sites excluding steroid dienone is 2. The number of aryl methyl sites for hydroxylation is 1. The third kappa shape index (κ3) is 3.46. The molecule has 0 aliphatic heterocycles. The van der Waals surface area contributed by atoms with Crippen molar-refractivity contribution in [2.24, 2.45) is 18.9 Å². The molecule has 4 aromatic rings. The molecule has 0 saturated heterocycles. The molecule has 0 spiro atoms. The fourth-order valence-electron chi connectivity index (χ4n) is 3.66. The first-order chi connectivity index (χ1) is 14.2. The highest BCUT2D eigenvalue weighted by molar-refractivity contribution is 5.69. The monoisotopic (exact) mass is 389 g/mol. The van der Waals surface area contributed by atoms with Gasteiger partial charge in [-0.2, -0.15) is 4.98 Å². The van der Waals surface area contributed by atoms with Gasteiger partial charge in [0.15, 0.2) is 17.5 Å². The average Bonchev–Trinajstić information content (AvgIpc) is 3.15. The predicted molar refractivity (Wildman–Crippen MR) is 105 cm³/mol. The van der Waals surface area contributed by atoms with Gasteiger partial charge in [-0.15, -0.1) is 0 Å². The van der Waals surface area contributed by atoms with Gasteiger partial charge in [0.25, 0.3) is 5.56 Å². The molecule has 9 heteroatoms. The lowest BCUT2D eigenvalue weighted by Crippen LogP contribution is -2.22. The molecule has 146 valence electrons. The summed E-state index contributed by atoms with van der Waals surface area (Å²) in [5.74, 6) is 2.24. The largest absolute Gasteiger partial charge is 0.338 e. The quantitative estimate of drug-likeness (QED) is 0.528. The van der Waals surface area contributed by atoms with Gasteiger partial charge in [-0.1, -0.05) is 17.3 Å². The van der Waals surface area contributed by atoms with Crippen LogP contribution in [-0.2, 0) is 13.6 Å². The van der Waals surface area contributed by atoms with E-state index in [4.69, 9.17) is 4.52 Å². The van der Waals surface area contributed by atoms with Crippen LogP contribution in [0, 0.1) is 11.8 Å². The summed E-state index contributed by atoms with van der Waals surface area (Å²) in [5.41, 5.74) is 3.35. The first-order valence-corrected chi connectivity index (χ1v) is 9.43. The van der Waals surface area contributed by atoms with Crippen LogP contribution in [0.5, 0.6) is 0 Å². The summed E-state index contributed by atoms with van der Waals surface area (Å²) in [6.07, 6.45) is 11.2. The Morgan fingerprint density at radius 2 is 2.07 bits per heavy atom. The van der Waals surface area contributed by atoms with Gasteiger partial charge >= 0.3 is 0 Å². The maximum atomic E-state index is 12.1. The second-order valence-electron chi connectivity index (χ2n) is 7.31. The van der Waals surface area contributed by atoms with Crippen LogP contribution in [0.4, 0.5) is 0 Å². The second kappa shape index (κ2) is 7.08. The zero-order valence-corrected chi connectivity index (χ0v) is 15.8. The second-order valence-corrected chi connectivity index (χ2v) is 7.31. The molecule has 4 aromatic heterocycles. The summed E-state index contributed by atoms with van der Waals surface area (Å²) in [4.78, 5) is 28.4. The molecular weight excluding hydrogens is 370 g/mol. The molecule has 4 heterocycles. The van der Waals surface area contributed by atoms with Crippen LogP contribution in [0.2, 0.25) is 0 Å². The van der Waals surface area contributed by atoms with E-state index >= 15 is 0 Å². The van der Waals surface area contributed by atoms with Gasteiger partial charge < -0.3 is 9.09 Å². The standard InChI is InChI=1S/C11H11N.C9H8N6O2/c1-2-4-12-11(3-1)10-6-8-5-9(8)7-10;1-14-4-11-8-7(14)9(16)15(5-12-8)2-6-10-3-13-17-6/h1-4,6,8-9H,5,7H2;3-5H,2H2,1H3/t8-,9+;/m0./s1. The SMILES string of the molecule is C1=C(c2ccccn2)C[C@H]2C[C@@H]12.Cn1cnc2ncn(Cc3ncno3)c(=O)c21. The van der Waals surface area contributed by atoms with Gasteiger partial charge in [-0.05, 0) is 42.4 Å². The van der Waals surface area contributed by atoms with Gasteiger partial charge in [-0.25, -0.2) is 9.97 Å².